The SMILES string of the molecule is CCCCc1nc(C)nc(OC2CCC(O)CC2)c1Cc1ccc(-c2ccccc2-c2noc(=O)[nH]2)cc1. The number of benzene rings is 2. The number of aliphatic hydroxyl groups excluding tert-OH is 1. The average Bonchev–Trinajstić information content (AvgIpc) is 3.37. The number of hydrogen-bond donors (Lipinski definition) is 2. The van der Waals surface area contributed by atoms with Gasteiger partial charge in [0.05, 0.1) is 11.8 Å². The molecule has 5 rings (SSSR count). The molecule has 38 heavy (non-hydrogen) atoms. The molecule has 8 heteroatoms. The zero-order valence-corrected chi connectivity index (χ0v) is 21.9. The Hall–Kier alpha value is -3.78. The normalized spacial score (nSPS) is 17.4. The van der Waals surface area contributed by atoms with Crippen molar-refractivity contribution in [3.05, 3.63) is 81.7 Å². The zero-order chi connectivity index (χ0) is 26.5. The number of rotatable bonds is 9. The third-order valence-electron chi connectivity index (χ3n) is 7.12. The molecule has 2 N–H and O–H groups in total. The molecule has 1 aliphatic rings. The Kier molecular flexibility index (Phi) is 7.98. The number of nitrogens with zero attached hydrogens (tertiary/aromatic N) is 3. The van der Waals surface area contributed by atoms with E-state index in [0.29, 0.717) is 18.1 Å². The summed E-state index contributed by atoms with van der Waals surface area (Å²) in [6.45, 7) is 4.11. The minimum atomic E-state index is -0.577. The molecule has 0 bridgehead atoms. The summed E-state index contributed by atoms with van der Waals surface area (Å²) < 4.78 is 11.2. The number of aliphatic hydroxyl groups is 1. The molecular formula is C30H34N4O4. The highest BCUT2D eigenvalue weighted by atomic mass is 16.5. The molecule has 1 fully saturated rings. The number of aryl methyl sites for hydroxylation is 2. The summed E-state index contributed by atoms with van der Waals surface area (Å²) in [6.07, 6.45) is 6.72. The van der Waals surface area contributed by atoms with Gasteiger partial charge in [0, 0.05) is 17.5 Å². The van der Waals surface area contributed by atoms with Gasteiger partial charge >= 0.3 is 5.76 Å². The van der Waals surface area contributed by atoms with Gasteiger partial charge in [0.1, 0.15) is 11.9 Å². The highest BCUT2D eigenvalue weighted by Crippen LogP contribution is 2.32. The van der Waals surface area contributed by atoms with Crippen LogP contribution in [0.25, 0.3) is 22.5 Å². The second-order valence-electron chi connectivity index (χ2n) is 10.0. The number of aromatic amines is 1. The lowest BCUT2D eigenvalue weighted by molar-refractivity contribution is 0.0636. The van der Waals surface area contributed by atoms with Crippen molar-refractivity contribution >= 4 is 0 Å². The molecule has 0 unspecified atom stereocenters. The van der Waals surface area contributed by atoms with E-state index in [1.54, 1.807) is 0 Å². The van der Waals surface area contributed by atoms with Gasteiger partial charge in [0.25, 0.3) is 0 Å². The lowest BCUT2D eigenvalue weighted by Crippen LogP contribution is -2.27. The Morgan fingerprint density at radius 1 is 1.03 bits per heavy atom. The fourth-order valence-corrected chi connectivity index (χ4v) is 5.07. The molecule has 0 amide bonds. The average molecular weight is 515 g/mol. The molecule has 0 saturated heterocycles. The molecule has 2 aromatic carbocycles. The van der Waals surface area contributed by atoms with Crippen LogP contribution >= 0.6 is 0 Å². The Bertz CT molecular complexity index is 1420. The van der Waals surface area contributed by atoms with E-state index in [4.69, 9.17) is 19.2 Å². The molecule has 1 saturated carbocycles. The standard InChI is InChI=1S/C30H34N4O4/c1-3-4-9-27-26(29(32-19(2)31-27)37-23-16-14-22(35)15-17-23)18-20-10-12-21(13-11-20)24-7-5-6-8-25(24)28-33-30(36)38-34-28/h5-8,10-13,22-23,35H,3-4,9,14-18H2,1-2H3,(H,33,34,36). The van der Waals surface area contributed by atoms with Crippen LogP contribution in [0.5, 0.6) is 5.88 Å². The van der Waals surface area contributed by atoms with Crippen molar-refractivity contribution in [2.45, 2.75) is 77.4 Å². The number of hydrogen-bond acceptors (Lipinski definition) is 7. The fraction of sp³-hybridized carbons (Fsp3) is 0.400. The monoisotopic (exact) mass is 514 g/mol. The van der Waals surface area contributed by atoms with E-state index in [0.717, 1.165) is 84.3 Å². The van der Waals surface area contributed by atoms with E-state index in [9.17, 15) is 9.90 Å². The van der Waals surface area contributed by atoms with Crippen LogP contribution in [0.15, 0.2) is 57.8 Å². The van der Waals surface area contributed by atoms with E-state index in [2.05, 4.69) is 41.3 Å². The molecule has 2 aromatic heterocycles. The van der Waals surface area contributed by atoms with Gasteiger partial charge in [-0.05, 0) is 62.1 Å². The second-order valence-corrected chi connectivity index (χ2v) is 10.0. The van der Waals surface area contributed by atoms with Crippen molar-refractivity contribution in [3.63, 3.8) is 0 Å². The first-order valence-electron chi connectivity index (χ1n) is 13.5. The Balaban J connectivity index is 1.43. The number of nitrogens with one attached hydrogen (secondary N) is 1. The lowest BCUT2D eigenvalue weighted by atomic mass is 9.94. The molecule has 0 radical (unpaired) electrons. The highest BCUT2D eigenvalue weighted by molar-refractivity contribution is 5.80. The molecule has 0 atom stereocenters. The van der Waals surface area contributed by atoms with E-state index in [-0.39, 0.29) is 12.2 Å². The first kappa shape index (κ1) is 25.9. The predicted molar refractivity (Wildman–Crippen MR) is 145 cm³/mol. The summed E-state index contributed by atoms with van der Waals surface area (Å²) in [5.41, 5.74) is 5.99. The number of aromatic nitrogens is 4. The lowest BCUT2D eigenvalue weighted by Gasteiger charge is -2.27. The van der Waals surface area contributed by atoms with Crippen LogP contribution < -0.4 is 10.5 Å². The van der Waals surface area contributed by atoms with Crippen molar-refractivity contribution in [3.8, 4) is 28.4 Å². The summed E-state index contributed by atoms with van der Waals surface area (Å²) in [7, 11) is 0. The van der Waals surface area contributed by atoms with E-state index < -0.39 is 5.76 Å². The van der Waals surface area contributed by atoms with Crippen LogP contribution in [-0.2, 0) is 12.8 Å². The van der Waals surface area contributed by atoms with Crippen molar-refractivity contribution in [2.24, 2.45) is 0 Å². The van der Waals surface area contributed by atoms with E-state index >= 15 is 0 Å². The first-order valence-corrected chi connectivity index (χ1v) is 13.5. The maximum absolute atomic E-state index is 11.5. The summed E-state index contributed by atoms with van der Waals surface area (Å²) in [5, 5.41) is 13.8. The second kappa shape index (κ2) is 11.7. The molecule has 8 nitrogen and oxygen atoms in total. The van der Waals surface area contributed by atoms with E-state index in [1.807, 2.05) is 31.2 Å². The first-order chi connectivity index (χ1) is 18.5. The highest BCUT2D eigenvalue weighted by Gasteiger charge is 2.24. The van der Waals surface area contributed by atoms with Gasteiger partial charge in [-0.3, -0.25) is 9.51 Å². The van der Waals surface area contributed by atoms with Gasteiger partial charge in [0.2, 0.25) is 5.88 Å². The molecule has 0 aliphatic heterocycles. The third kappa shape index (κ3) is 6.02. The minimum absolute atomic E-state index is 0.0623. The zero-order valence-electron chi connectivity index (χ0n) is 21.9. The summed E-state index contributed by atoms with van der Waals surface area (Å²) in [5.74, 6) is 1.23. The van der Waals surface area contributed by atoms with Crippen LogP contribution in [0, 0.1) is 6.92 Å². The quantitative estimate of drug-likeness (QED) is 0.307. The Morgan fingerprint density at radius 2 is 1.76 bits per heavy atom. The Morgan fingerprint density at radius 3 is 2.45 bits per heavy atom. The van der Waals surface area contributed by atoms with Gasteiger partial charge in [-0.15, -0.1) is 0 Å². The van der Waals surface area contributed by atoms with Crippen LogP contribution in [0.4, 0.5) is 0 Å². The molecule has 2 heterocycles. The topological polar surface area (TPSA) is 114 Å². The van der Waals surface area contributed by atoms with Crippen molar-refractivity contribution in [2.75, 3.05) is 0 Å². The van der Waals surface area contributed by atoms with Gasteiger partial charge in [-0.1, -0.05) is 67.0 Å². The van der Waals surface area contributed by atoms with Crippen LogP contribution in [0.3, 0.4) is 0 Å². The summed E-state index contributed by atoms with van der Waals surface area (Å²) in [6, 6.07) is 16.2. The molecule has 4 aromatic rings. The van der Waals surface area contributed by atoms with Crippen molar-refractivity contribution in [1.29, 1.82) is 0 Å². The van der Waals surface area contributed by atoms with Gasteiger partial charge in [-0.25, -0.2) is 9.78 Å². The molecule has 198 valence electrons. The maximum Gasteiger partial charge on any atom is 0.439 e. The largest absolute Gasteiger partial charge is 0.474 e. The summed E-state index contributed by atoms with van der Waals surface area (Å²) in [4.78, 5) is 23.7. The van der Waals surface area contributed by atoms with Crippen molar-refractivity contribution < 1.29 is 14.4 Å². The number of H-pyrrole nitrogens is 1. The maximum atomic E-state index is 11.5. The predicted octanol–water partition coefficient (Wildman–Crippen LogP) is 5.41. The number of ether oxygens (including phenoxy) is 1. The van der Waals surface area contributed by atoms with Gasteiger partial charge in [-0.2, -0.15) is 4.98 Å². The van der Waals surface area contributed by atoms with Crippen LogP contribution in [0.1, 0.15) is 68.1 Å². The Labute approximate surface area is 222 Å². The van der Waals surface area contributed by atoms with Crippen LogP contribution in [0.2, 0.25) is 0 Å². The third-order valence-corrected chi connectivity index (χ3v) is 7.12. The molecule has 0 spiro atoms. The number of unbranched alkanes of at least 4 members (excludes halogenated alkanes) is 1. The van der Waals surface area contributed by atoms with E-state index in [1.165, 1.54) is 0 Å². The smallest absolute Gasteiger partial charge is 0.439 e. The van der Waals surface area contributed by atoms with Crippen molar-refractivity contribution in [1.82, 2.24) is 20.1 Å². The fourth-order valence-electron chi connectivity index (χ4n) is 5.07. The van der Waals surface area contributed by atoms with Crippen LogP contribution in [-0.4, -0.2) is 37.4 Å². The van der Waals surface area contributed by atoms with Gasteiger partial charge in [0.15, 0.2) is 5.82 Å². The molecule has 1 aliphatic carbocycles. The molecular weight excluding hydrogens is 480 g/mol. The summed E-state index contributed by atoms with van der Waals surface area (Å²) >= 11 is 0. The van der Waals surface area contributed by atoms with Gasteiger partial charge < -0.3 is 9.84 Å². The minimum Gasteiger partial charge on any atom is -0.474 e.